The quantitative estimate of drug-likeness (QED) is 0.770. The molecule has 0 spiro atoms. The van der Waals surface area contributed by atoms with Crippen molar-refractivity contribution in [2.45, 2.75) is 45.2 Å². The Kier molecular flexibility index (Phi) is 4.72. The van der Waals surface area contributed by atoms with Crippen LogP contribution in [0.1, 0.15) is 45.2 Å². The van der Waals surface area contributed by atoms with Gasteiger partial charge in [0.2, 0.25) is 0 Å². The van der Waals surface area contributed by atoms with Crippen molar-refractivity contribution in [3.05, 3.63) is 35.9 Å². The SMILES string of the molecule is CCC(C)(C)N(C)C(CC#N)c1ccccc1. The molecule has 1 aromatic rings. The van der Waals surface area contributed by atoms with Crippen molar-refractivity contribution < 1.29 is 0 Å². The van der Waals surface area contributed by atoms with Gasteiger partial charge in [-0.3, -0.25) is 4.90 Å². The van der Waals surface area contributed by atoms with Crippen molar-refractivity contribution in [2.75, 3.05) is 7.05 Å². The monoisotopic (exact) mass is 230 g/mol. The highest BCUT2D eigenvalue weighted by molar-refractivity contribution is 5.20. The van der Waals surface area contributed by atoms with Gasteiger partial charge in [-0.2, -0.15) is 5.26 Å². The third-order valence-corrected chi connectivity index (χ3v) is 3.76. The van der Waals surface area contributed by atoms with Crippen LogP contribution in [0.5, 0.6) is 0 Å². The van der Waals surface area contributed by atoms with Gasteiger partial charge in [0.25, 0.3) is 0 Å². The predicted octanol–water partition coefficient (Wildman–Crippen LogP) is 3.76. The molecule has 2 heteroatoms. The lowest BCUT2D eigenvalue weighted by Gasteiger charge is -2.40. The second kappa shape index (κ2) is 5.84. The summed E-state index contributed by atoms with van der Waals surface area (Å²) >= 11 is 0. The van der Waals surface area contributed by atoms with E-state index in [0.29, 0.717) is 6.42 Å². The first-order valence-corrected chi connectivity index (χ1v) is 6.17. The van der Waals surface area contributed by atoms with E-state index in [0.717, 1.165) is 6.42 Å². The van der Waals surface area contributed by atoms with Crippen molar-refractivity contribution in [3.8, 4) is 6.07 Å². The van der Waals surface area contributed by atoms with Crippen molar-refractivity contribution in [2.24, 2.45) is 0 Å². The van der Waals surface area contributed by atoms with Crippen LogP contribution in [0.25, 0.3) is 0 Å². The average Bonchev–Trinajstić information content (AvgIpc) is 2.36. The molecule has 92 valence electrons. The Bertz CT molecular complexity index is 376. The summed E-state index contributed by atoms with van der Waals surface area (Å²) in [6.07, 6.45) is 1.60. The summed E-state index contributed by atoms with van der Waals surface area (Å²) in [6, 6.07) is 12.8. The first kappa shape index (κ1) is 13.7. The van der Waals surface area contributed by atoms with Crippen LogP contribution >= 0.6 is 0 Å². The number of hydrogen-bond acceptors (Lipinski definition) is 2. The fraction of sp³-hybridized carbons (Fsp3) is 0.533. The highest BCUT2D eigenvalue weighted by atomic mass is 15.2. The van der Waals surface area contributed by atoms with E-state index in [9.17, 15) is 0 Å². The lowest BCUT2D eigenvalue weighted by atomic mass is 9.93. The minimum Gasteiger partial charge on any atom is -0.293 e. The van der Waals surface area contributed by atoms with Gasteiger partial charge in [-0.05, 0) is 32.9 Å². The molecular weight excluding hydrogens is 208 g/mol. The molecule has 1 atom stereocenters. The molecule has 0 radical (unpaired) electrons. The lowest BCUT2D eigenvalue weighted by molar-refractivity contribution is 0.0986. The highest BCUT2D eigenvalue weighted by Crippen LogP contribution is 2.30. The topological polar surface area (TPSA) is 27.0 Å². The van der Waals surface area contributed by atoms with Crippen LogP contribution in [0.15, 0.2) is 30.3 Å². The Hall–Kier alpha value is -1.33. The maximum absolute atomic E-state index is 9.01. The third-order valence-electron chi connectivity index (χ3n) is 3.76. The number of hydrogen-bond donors (Lipinski definition) is 0. The zero-order valence-electron chi connectivity index (χ0n) is 11.3. The van der Waals surface area contributed by atoms with E-state index in [1.165, 1.54) is 5.56 Å². The Morgan fingerprint density at radius 1 is 1.29 bits per heavy atom. The maximum atomic E-state index is 9.01. The lowest BCUT2D eigenvalue weighted by Crippen LogP contribution is -2.42. The Balaban J connectivity index is 2.99. The normalized spacial score (nSPS) is 13.4. The number of benzene rings is 1. The van der Waals surface area contributed by atoms with Crippen LogP contribution in [-0.4, -0.2) is 17.5 Å². The van der Waals surface area contributed by atoms with Gasteiger partial charge < -0.3 is 0 Å². The molecule has 0 saturated heterocycles. The van der Waals surface area contributed by atoms with Gasteiger partial charge in [0.05, 0.1) is 12.5 Å². The van der Waals surface area contributed by atoms with Crippen molar-refractivity contribution >= 4 is 0 Å². The van der Waals surface area contributed by atoms with E-state index in [-0.39, 0.29) is 11.6 Å². The molecule has 0 N–H and O–H groups in total. The highest BCUT2D eigenvalue weighted by Gasteiger charge is 2.28. The number of nitrogens with zero attached hydrogens (tertiary/aromatic N) is 2. The Labute approximate surface area is 105 Å². The molecule has 0 saturated carbocycles. The number of nitriles is 1. The standard InChI is InChI=1S/C15H22N2/c1-5-15(2,3)17(4)14(11-12-16)13-9-7-6-8-10-13/h6-10,14H,5,11H2,1-4H3. The van der Waals surface area contributed by atoms with Crippen LogP contribution in [0.2, 0.25) is 0 Å². The first-order chi connectivity index (χ1) is 8.03. The Morgan fingerprint density at radius 2 is 1.88 bits per heavy atom. The van der Waals surface area contributed by atoms with Gasteiger partial charge in [-0.25, -0.2) is 0 Å². The molecule has 0 aliphatic carbocycles. The fourth-order valence-electron chi connectivity index (χ4n) is 1.91. The Morgan fingerprint density at radius 3 is 2.35 bits per heavy atom. The van der Waals surface area contributed by atoms with Crippen molar-refractivity contribution in [1.29, 1.82) is 5.26 Å². The summed E-state index contributed by atoms with van der Waals surface area (Å²) in [6.45, 7) is 6.63. The van der Waals surface area contributed by atoms with E-state index < -0.39 is 0 Å². The predicted molar refractivity (Wildman–Crippen MR) is 71.5 cm³/mol. The summed E-state index contributed by atoms with van der Waals surface area (Å²) < 4.78 is 0. The molecule has 0 amide bonds. The molecule has 0 aliphatic heterocycles. The summed E-state index contributed by atoms with van der Waals surface area (Å²) in [5, 5.41) is 9.01. The first-order valence-electron chi connectivity index (χ1n) is 6.17. The molecule has 1 aromatic carbocycles. The van der Waals surface area contributed by atoms with Gasteiger partial charge in [0, 0.05) is 11.6 Å². The smallest absolute Gasteiger partial charge is 0.0641 e. The van der Waals surface area contributed by atoms with Gasteiger partial charge >= 0.3 is 0 Å². The number of rotatable bonds is 5. The van der Waals surface area contributed by atoms with Crippen LogP contribution in [0, 0.1) is 11.3 Å². The molecule has 1 unspecified atom stereocenters. The van der Waals surface area contributed by atoms with E-state index in [1.807, 2.05) is 18.2 Å². The van der Waals surface area contributed by atoms with Crippen LogP contribution < -0.4 is 0 Å². The average molecular weight is 230 g/mol. The molecule has 0 fully saturated rings. The molecule has 0 aliphatic rings. The van der Waals surface area contributed by atoms with Gasteiger partial charge in [0.1, 0.15) is 0 Å². The summed E-state index contributed by atoms with van der Waals surface area (Å²) in [4.78, 5) is 2.31. The third kappa shape index (κ3) is 3.31. The second-order valence-corrected chi connectivity index (χ2v) is 5.07. The molecule has 17 heavy (non-hydrogen) atoms. The molecule has 0 bridgehead atoms. The van der Waals surface area contributed by atoms with E-state index in [4.69, 9.17) is 5.26 Å². The van der Waals surface area contributed by atoms with Gasteiger partial charge in [-0.1, -0.05) is 37.3 Å². The molecule has 0 aromatic heterocycles. The minimum absolute atomic E-state index is 0.108. The van der Waals surface area contributed by atoms with E-state index >= 15 is 0 Å². The summed E-state index contributed by atoms with van der Waals surface area (Å²) in [7, 11) is 2.11. The largest absolute Gasteiger partial charge is 0.293 e. The zero-order valence-corrected chi connectivity index (χ0v) is 11.3. The van der Waals surface area contributed by atoms with E-state index in [1.54, 1.807) is 0 Å². The van der Waals surface area contributed by atoms with Crippen LogP contribution in [0.3, 0.4) is 0 Å². The van der Waals surface area contributed by atoms with Crippen molar-refractivity contribution in [3.63, 3.8) is 0 Å². The molecule has 2 nitrogen and oxygen atoms in total. The zero-order chi connectivity index (χ0) is 12.9. The van der Waals surface area contributed by atoms with Gasteiger partial charge in [0.15, 0.2) is 0 Å². The second-order valence-electron chi connectivity index (χ2n) is 5.07. The van der Waals surface area contributed by atoms with Gasteiger partial charge in [-0.15, -0.1) is 0 Å². The molecule has 0 heterocycles. The maximum Gasteiger partial charge on any atom is 0.0641 e. The summed E-state index contributed by atoms with van der Waals surface area (Å²) in [5.74, 6) is 0. The molecule has 1 rings (SSSR count). The summed E-state index contributed by atoms with van der Waals surface area (Å²) in [5.41, 5.74) is 1.33. The van der Waals surface area contributed by atoms with Crippen LogP contribution in [0.4, 0.5) is 0 Å². The van der Waals surface area contributed by atoms with E-state index in [2.05, 4.69) is 50.9 Å². The molecular formula is C15H22N2. The minimum atomic E-state index is 0.108. The van der Waals surface area contributed by atoms with Crippen molar-refractivity contribution in [1.82, 2.24) is 4.90 Å². The van der Waals surface area contributed by atoms with Crippen LogP contribution in [-0.2, 0) is 0 Å². The fourth-order valence-corrected chi connectivity index (χ4v) is 1.91.